The molecule has 0 amide bonds. The maximum absolute atomic E-state index is 12.5. The van der Waals surface area contributed by atoms with E-state index in [1.807, 2.05) is 12.1 Å². The van der Waals surface area contributed by atoms with Gasteiger partial charge in [-0.1, -0.05) is 12.1 Å². The van der Waals surface area contributed by atoms with Crippen molar-refractivity contribution in [1.29, 1.82) is 0 Å². The Kier molecular flexibility index (Phi) is 5.40. The number of rotatable bonds is 5. The molecule has 0 atom stereocenters. The zero-order chi connectivity index (χ0) is 20.4. The van der Waals surface area contributed by atoms with E-state index in [2.05, 4.69) is 14.6 Å². The lowest BCUT2D eigenvalue weighted by atomic mass is 9.93. The van der Waals surface area contributed by atoms with Crippen molar-refractivity contribution in [3.05, 3.63) is 48.3 Å². The molecule has 154 valence electrons. The van der Waals surface area contributed by atoms with Crippen LogP contribution in [0.25, 0.3) is 16.9 Å². The van der Waals surface area contributed by atoms with Crippen LogP contribution >= 0.6 is 0 Å². The summed E-state index contributed by atoms with van der Waals surface area (Å²) in [5, 5.41) is 4.71. The van der Waals surface area contributed by atoms with E-state index < -0.39 is 6.36 Å². The zero-order valence-corrected chi connectivity index (χ0v) is 15.6. The van der Waals surface area contributed by atoms with E-state index in [1.165, 1.54) is 18.2 Å². The van der Waals surface area contributed by atoms with Crippen LogP contribution in [0, 0.1) is 0 Å². The number of benzene rings is 1. The first-order valence-electron chi connectivity index (χ1n) is 9.42. The molecule has 2 aromatic heterocycles. The predicted molar refractivity (Wildman–Crippen MR) is 99.5 cm³/mol. The van der Waals surface area contributed by atoms with Crippen molar-refractivity contribution in [3.8, 4) is 17.0 Å². The first-order chi connectivity index (χ1) is 13.9. The summed E-state index contributed by atoms with van der Waals surface area (Å²) in [6.07, 6.45) is -1.39. The lowest BCUT2D eigenvalue weighted by molar-refractivity contribution is -0.274. The molecule has 29 heavy (non-hydrogen) atoms. The number of hydrogen-bond acceptors (Lipinski definition) is 4. The lowest BCUT2D eigenvalue weighted by Crippen LogP contribution is -2.34. The molecular weight excluding hydrogens is 388 g/mol. The van der Waals surface area contributed by atoms with Crippen LogP contribution in [0.4, 0.5) is 17.6 Å². The van der Waals surface area contributed by atoms with Gasteiger partial charge in [-0.2, -0.15) is 5.10 Å². The normalized spacial score (nSPS) is 16.4. The molecular formula is C20H20F4N4O. The van der Waals surface area contributed by atoms with E-state index in [0.717, 1.165) is 31.6 Å². The molecule has 3 aromatic rings. The minimum Gasteiger partial charge on any atom is -0.406 e. The maximum Gasteiger partial charge on any atom is 0.573 e. The summed E-state index contributed by atoms with van der Waals surface area (Å²) in [6, 6.07) is 9.56. The van der Waals surface area contributed by atoms with Crippen LogP contribution in [0.15, 0.2) is 42.6 Å². The summed E-state index contributed by atoms with van der Waals surface area (Å²) in [5.74, 6) is -0.0354. The summed E-state index contributed by atoms with van der Waals surface area (Å²) in [7, 11) is 0. The zero-order valence-electron chi connectivity index (χ0n) is 15.6. The highest BCUT2D eigenvalue weighted by molar-refractivity contribution is 5.64. The summed E-state index contributed by atoms with van der Waals surface area (Å²) >= 11 is 0. The average molecular weight is 408 g/mol. The summed E-state index contributed by atoms with van der Waals surface area (Å²) in [4.78, 5) is 6.41. The van der Waals surface area contributed by atoms with Gasteiger partial charge in [-0.05, 0) is 50.2 Å². The third-order valence-corrected chi connectivity index (χ3v) is 5.15. The van der Waals surface area contributed by atoms with Gasteiger partial charge in [0.2, 0.25) is 0 Å². The fourth-order valence-electron chi connectivity index (χ4n) is 3.73. The van der Waals surface area contributed by atoms with E-state index in [4.69, 9.17) is 5.10 Å². The monoisotopic (exact) mass is 408 g/mol. The number of piperidine rings is 1. The van der Waals surface area contributed by atoms with Gasteiger partial charge in [0, 0.05) is 18.0 Å². The highest BCUT2D eigenvalue weighted by Crippen LogP contribution is 2.30. The van der Waals surface area contributed by atoms with Crippen molar-refractivity contribution < 1.29 is 22.3 Å². The maximum atomic E-state index is 12.5. The second kappa shape index (κ2) is 7.98. The molecule has 1 fully saturated rings. The molecule has 9 heteroatoms. The largest absolute Gasteiger partial charge is 0.573 e. The number of imidazole rings is 1. The SMILES string of the molecule is FCCN1CCC(c2ccc3ncc(-c4cccc(OC(F)(F)F)c4)n3n2)CC1. The average Bonchev–Trinajstić information content (AvgIpc) is 3.11. The Morgan fingerprint density at radius 2 is 1.90 bits per heavy atom. The van der Waals surface area contributed by atoms with Gasteiger partial charge in [-0.25, -0.2) is 13.9 Å². The molecule has 1 aliphatic rings. The lowest BCUT2D eigenvalue weighted by Gasteiger charge is -2.30. The van der Waals surface area contributed by atoms with Gasteiger partial charge in [0.15, 0.2) is 5.65 Å². The van der Waals surface area contributed by atoms with Crippen LogP contribution in [0.5, 0.6) is 5.75 Å². The fraction of sp³-hybridized carbons (Fsp3) is 0.400. The molecule has 0 unspecified atom stereocenters. The molecule has 3 heterocycles. The minimum atomic E-state index is -4.75. The Bertz CT molecular complexity index is 980. The molecule has 0 bridgehead atoms. The molecule has 0 spiro atoms. The van der Waals surface area contributed by atoms with Crippen molar-refractivity contribution in [2.45, 2.75) is 25.1 Å². The smallest absolute Gasteiger partial charge is 0.406 e. The molecule has 1 saturated heterocycles. The first-order valence-corrected chi connectivity index (χ1v) is 9.42. The van der Waals surface area contributed by atoms with E-state index >= 15 is 0 Å². The molecule has 5 nitrogen and oxygen atoms in total. The Morgan fingerprint density at radius 1 is 1.10 bits per heavy atom. The van der Waals surface area contributed by atoms with Gasteiger partial charge in [-0.15, -0.1) is 13.2 Å². The van der Waals surface area contributed by atoms with Gasteiger partial charge >= 0.3 is 6.36 Å². The fourth-order valence-corrected chi connectivity index (χ4v) is 3.73. The van der Waals surface area contributed by atoms with E-state index in [1.54, 1.807) is 16.8 Å². The molecule has 4 rings (SSSR count). The second-order valence-electron chi connectivity index (χ2n) is 7.05. The topological polar surface area (TPSA) is 42.7 Å². The van der Waals surface area contributed by atoms with Crippen LogP contribution in [0.1, 0.15) is 24.5 Å². The van der Waals surface area contributed by atoms with Gasteiger partial charge in [0.25, 0.3) is 0 Å². The molecule has 1 aliphatic heterocycles. The van der Waals surface area contributed by atoms with Gasteiger partial charge in [-0.3, -0.25) is 0 Å². The number of aromatic nitrogens is 3. The van der Waals surface area contributed by atoms with Gasteiger partial charge in [0.1, 0.15) is 12.4 Å². The highest BCUT2D eigenvalue weighted by atomic mass is 19.4. The van der Waals surface area contributed by atoms with E-state index in [-0.39, 0.29) is 18.3 Å². The number of hydrogen-bond donors (Lipinski definition) is 0. The number of fused-ring (bicyclic) bond motifs is 1. The van der Waals surface area contributed by atoms with Crippen molar-refractivity contribution in [1.82, 2.24) is 19.5 Å². The number of halogens is 4. The Hall–Kier alpha value is -2.68. The van der Waals surface area contributed by atoms with Crippen molar-refractivity contribution >= 4 is 5.65 Å². The summed E-state index contributed by atoms with van der Waals surface area (Å²) < 4.78 is 55.8. The number of alkyl halides is 4. The third kappa shape index (κ3) is 4.50. The van der Waals surface area contributed by atoms with E-state index in [9.17, 15) is 17.6 Å². The van der Waals surface area contributed by atoms with Crippen molar-refractivity contribution in [2.24, 2.45) is 0 Å². The predicted octanol–water partition coefficient (Wildman–Crippen LogP) is 4.44. The Labute approximate surface area is 164 Å². The van der Waals surface area contributed by atoms with Crippen molar-refractivity contribution in [2.75, 3.05) is 26.3 Å². The number of likely N-dealkylation sites (tertiary alicyclic amines) is 1. The quantitative estimate of drug-likeness (QED) is 0.586. The van der Waals surface area contributed by atoms with Crippen LogP contribution in [-0.4, -0.2) is 52.2 Å². The Balaban J connectivity index is 1.61. The molecule has 0 aliphatic carbocycles. The summed E-state index contributed by atoms with van der Waals surface area (Å²) in [6.45, 7) is 1.76. The molecule has 0 saturated carbocycles. The first kappa shape index (κ1) is 19.6. The van der Waals surface area contributed by atoms with Gasteiger partial charge < -0.3 is 9.64 Å². The van der Waals surface area contributed by atoms with Crippen LogP contribution < -0.4 is 4.74 Å². The standard InChI is InChI=1S/C20H20F4N4O/c21-8-11-27-9-6-14(7-10-27)17-4-5-19-25-13-18(28(19)26-17)15-2-1-3-16(12-15)29-20(22,23)24/h1-5,12-14H,6-11H2. The second-order valence-corrected chi connectivity index (χ2v) is 7.05. The summed E-state index contributed by atoms with van der Waals surface area (Å²) in [5.41, 5.74) is 2.63. The molecule has 0 radical (unpaired) electrons. The minimum absolute atomic E-state index is 0.255. The van der Waals surface area contributed by atoms with Gasteiger partial charge in [0.05, 0.1) is 17.6 Å². The molecule has 1 aromatic carbocycles. The van der Waals surface area contributed by atoms with E-state index in [0.29, 0.717) is 23.4 Å². The Morgan fingerprint density at radius 3 is 2.62 bits per heavy atom. The van der Waals surface area contributed by atoms with Crippen molar-refractivity contribution in [3.63, 3.8) is 0 Å². The van der Waals surface area contributed by atoms with Crippen LogP contribution in [0.2, 0.25) is 0 Å². The number of nitrogens with zero attached hydrogens (tertiary/aromatic N) is 4. The molecule has 0 N–H and O–H groups in total. The number of ether oxygens (including phenoxy) is 1. The van der Waals surface area contributed by atoms with Crippen LogP contribution in [-0.2, 0) is 0 Å². The van der Waals surface area contributed by atoms with Crippen LogP contribution in [0.3, 0.4) is 0 Å². The highest BCUT2D eigenvalue weighted by Gasteiger charge is 2.31. The third-order valence-electron chi connectivity index (χ3n) is 5.15.